The molecule has 1 aliphatic heterocycles. The number of esters is 1. The predicted octanol–water partition coefficient (Wildman–Crippen LogP) is 5.19. The number of allylic oxidation sites excluding steroid dienone is 1. The Morgan fingerprint density at radius 3 is 2.63 bits per heavy atom. The molecule has 4 rings (SSSR count). The minimum atomic E-state index is -0.480. The van der Waals surface area contributed by atoms with E-state index in [-0.39, 0.29) is 24.8 Å². The Hall–Kier alpha value is -3.38. The van der Waals surface area contributed by atoms with E-state index in [0.29, 0.717) is 17.1 Å². The summed E-state index contributed by atoms with van der Waals surface area (Å²) in [4.78, 5) is 24.5. The zero-order valence-corrected chi connectivity index (χ0v) is 17.4. The number of Topliss-reactive ketones (excluding diaryl/α,β-unsaturated/α-hetero) is 1. The Kier molecular flexibility index (Phi) is 5.95. The Balaban J connectivity index is 1.37. The van der Waals surface area contributed by atoms with Crippen molar-refractivity contribution in [3.63, 3.8) is 0 Å². The lowest BCUT2D eigenvalue weighted by atomic mass is 10.1. The summed E-state index contributed by atoms with van der Waals surface area (Å²) < 4.78 is 17.3. The molecule has 1 aliphatic rings. The number of ether oxygens (including phenoxy) is 3. The highest BCUT2D eigenvalue weighted by atomic mass is 79.9. The fourth-order valence-corrected chi connectivity index (χ4v) is 3.34. The highest BCUT2D eigenvalue weighted by Gasteiger charge is 2.27. The molecule has 0 N–H and O–H groups in total. The summed E-state index contributed by atoms with van der Waals surface area (Å²) >= 11 is 3.41. The summed E-state index contributed by atoms with van der Waals surface area (Å²) in [6.45, 7) is -0.0467. The first-order valence-electron chi connectivity index (χ1n) is 9.25. The van der Waals surface area contributed by atoms with Crippen molar-refractivity contribution in [3.05, 3.63) is 99.7 Å². The molecule has 0 fully saturated rings. The van der Waals surface area contributed by atoms with Gasteiger partial charge in [-0.25, -0.2) is 4.79 Å². The van der Waals surface area contributed by atoms with Crippen LogP contribution in [0.3, 0.4) is 0 Å². The molecule has 3 aromatic rings. The number of fused-ring (bicyclic) bond motifs is 1. The van der Waals surface area contributed by atoms with E-state index in [9.17, 15) is 9.59 Å². The zero-order valence-electron chi connectivity index (χ0n) is 15.8. The maximum Gasteiger partial charge on any atom is 0.344 e. The van der Waals surface area contributed by atoms with E-state index in [1.807, 2.05) is 54.6 Å². The van der Waals surface area contributed by atoms with Crippen molar-refractivity contribution in [2.24, 2.45) is 0 Å². The fourth-order valence-electron chi connectivity index (χ4n) is 2.93. The number of halogens is 1. The van der Waals surface area contributed by atoms with Crippen molar-refractivity contribution in [2.75, 3.05) is 6.61 Å². The molecule has 6 heteroatoms. The molecule has 5 nitrogen and oxygen atoms in total. The third-order valence-corrected chi connectivity index (χ3v) is 4.88. The van der Waals surface area contributed by atoms with Crippen LogP contribution in [0.15, 0.2) is 83.0 Å². The van der Waals surface area contributed by atoms with Crippen LogP contribution in [0.1, 0.15) is 21.5 Å². The van der Waals surface area contributed by atoms with Gasteiger partial charge in [-0.05, 0) is 41.5 Å². The third-order valence-electron chi connectivity index (χ3n) is 4.39. The second-order valence-corrected chi connectivity index (χ2v) is 7.50. The quantitative estimate of drug-likeness (QED) is 0.371. The van der Waals surface area contributed by atoms with Gasteiger partial charge in [0.05, 0.1) is 5.56 Å². The fraction of sp³-hybridized carbons (Fsp3) is 0.0833. The number of benzene rings is 3. The van der Waals surface area contributed by atoms with E-state index >= 15 is 0 Å². The normalized spacial score (nSPS) is 13.6. The van der Waals surface area contributed by atoms with Gasteiger partial charge in [-0.15, -0.1) is 0 Å². The Morgan fingerprint density at radius 1 is 1.00 bits per heavy atom. The van der Waals surface area contributed by atoms with Crippen molar-refractivity contribution in [2.45, 2.75) is 6.61 Å². The molecule has 150 valence electrons. The monoisotopic (exact) mass is 464 g/mol. The van der Waals surface area contributed by atoms with Crippen molar-refractivity contribution in [3.8, 4) is 11.5 Å². The highest BCUT2D eigenvalue weighted by Crippen LogP contribution is 2.35. The molecule has 1 heterocycles. The van der Waals surface area contributed by atoms with E-state index in [4.69, 9.17) is 14.2 Å². The lowest BCUT2D eigenvalue weighted by Crippen LogP contribution is -2.14. The van der Waals surface area contributed by atoms with Gasteiger partial charge in [0.15, 0.2) is 12.4 Å². The number of rotatable bonds is 6. The molecule has 0 unspecified atom stereocenters. The molecule has 0 amide bonds. The average Bonchev–Trinajstić information content (AvgIpc) is 3.06. The van der Waals surface area contributed by atoms with Crippen LogP contribution in [-0.4, -0.2) is 18.4 Å². The van der Waals surface area contributed by atoms with Gasteiger partial charge in [0.25, 0.3) is 0 Å². The largest absolute Gasteiger partial charge is 0.482 e. The average molecular weight is 465 g/mol. The van der Waals surface area contributed by atoms with Crippen LogP contribution in [0.2, 0.25) is 0 Å². The molecular formula is C24H17BrO5. The van der Waals surface area contributed by atoms with Crippen LogP contribution in [-0.2, 0) is 16.1 Å². The van der Waals surface area contributed by atoms with Crippen LogP contribution < -0.4 is 9.47 Å². The van der Waals surface area contributed by atoms with E-state index < -0.39 is 5.97 Å². The Morgan fingerprint density at radius 2 is 1.83 bits per heavy atom. The summed E-state index contributed by atoms with van der Waals surface area (Å²) in [5.41, 5.74) is 2.20. The van der Waals surface area contributed by atoms with Gasteiger partial charge >= 0.3 is 5.97 Å². The zero-order chi connectivity index (χ0) is 20.9. The summed E-state index contributed by atoms with van der Waals surface area (Å²) in [7, 11) is 0. The highest BCUT2D eigenvalue weighted by molar-refractivity contribution is 9.10. The van der Waals surface area contributed by atoms with Crippen molar-refractivity contribution >= 4 is 33.8 Å². The second-order valence-electron chi connectivity index (χ2n) is 6.59. The van der Waals surface area contributed by atoms with Crippen molar-refractivity contribution in [1.82, 2.24) is 0 Å². The minimum Gasteiger partial charge on any atom is -0.482 e. The first kappa shape index (κ1) is 19.9. The van der Waals surface area contributed by atoms with Gasteiger partial charge in [-0.2, -0.15) is 0 Å². The molecule has 0 saturated heterocycles. The third kappa shape index (κ3) is 4.78. The molecule has 0 saturated carbocycles. The van der Waals surface area contributed by atoms with Gasteiger partial charge in [-0.1, -0.05) is 58.4 Å². The summed E-state index contributed by atoms with van der Waals surface area (Å²) in [5.74, 6) is 0.381. The van der Waals surface area contributed by atoms with Crippen LogP contribution >= 0.6 is 15.9 Å². The van der Waals surface area contributed by atoms with Crippen LogP contribution in [0, 0.1) is 0 Å². The maximum absolute atomic E-state index is 12.6. The molecule has 0 spiro atoms. The van der Waals surface area contributed by atoms with Crippen molar-refractivity contribution < 1.29 is 23.8 Å². The van der Waals surface area contributed by atoms with Gasteiger partial charge in [0, 0.05) is 10.5 Å². The van der Waals surface area contributed by atoms with Crippen LogP contribution in [0.4, 0.5) is 0 Å². The summed E-state index contributed by atoms with van der Waals surface area (Å²) in [6.07, 6.45) is 1.69. The number of carbonyl (C=O) groups excluding carboxylic acids is 2. The smallest absolute Gasteiger partial charge is 0.344 e. The molecule has 0 aromatic heterocycles. The van der Waals surface area contributed by atoms with E-state index in [0.717, 1.165) is 15.6 Å². The van der Waals surface area contributed by atoms with E-state index in [1.165, 1.54) is 0 Å². The molecule has 0 radical (unpaired) electrons. The standard InChI is InChI=1S/C24H17BrO5/c25-18-8-4-7-17(11-18)12-22-24(27)20-10-9-19(13-21(20)30-22)28-15-23(26)29-14-16-5-2-1-3-6-16/h1-13H,14-15H2. The molecule has 0 atom stereocenters. The molecule has 3 aromatic carbocycles. The number of ketones is 1. The van der Waals surface area contributed by atoms with E-state index in [2.05, 4.69) is 15.9 Å². The Labute approximate surface area is 182 Å². The van der Waals surface area contributed by atoms with Gasteiger partial charge < -0.3 is 14.2 Å². The first-order valence-corrected chi connectivity index (χ1v) is 10.0. The molecular weight excluding hydrogens is 448 g/mol. The maximum atomic E-state index is 12.6. The van der Waals surface area contributed by atoms with Crippen LogP contribution in [0.25, 0.3) is 6.08 Å². The SMILES string of the molecule is O=C(COc1ccc2c(c1)OC(=Cc1cccc(Br)c1)C2=O)OCc1ccccc1. The molecule has 0 bridgehead atoms. The number of hydrogen-bond donors (Lipinski definition) is 0. The number of hydrogen-bond acceptors (Lipinski definition) is 5. The Bertz CT molecular complexity index is 1120. The van der Waals surface area contributed by atoms with Gasteiger partial charge in [0.1, 0.15) is 18.1 Å². The lowest BCUT2D eigenvalue weighted by Gasteiger charge is -2.08. The topological polar surface area (TPSA) is 61.8 Å². The second kappa shape index (κ2) is 8.97. The van der Waals surface area contributed by atoms with Gasteiger partial charge in [-0.3, -0.25) is 4.79 Å². The summed E-state index contributed by atoms with van der Waals surface area (Å²) in [5, 5.41) is 0. The first-order chi connectivity index (χ1) is 14.6. The van der Waals surface area contributed by atoms with Crippen molar-refractivity contribution in [1.29, 1.82) is 0 Å². The molecule has 0 aliphatic carbocycles. The minimum absolute atomic E-state index is 0.189. The predicted molar refractivity (Wildman–Crippen MR) is 115 cm³/mol. The number of carbonyl (C=O) groups is 2. The van der Waals surface area contributed by atoms with Gasteiger partial charge in [0.2, 0.25) is 5.78 Å². The summed E-state index contributed by atoms with van der Waals surface area (Å²) in [6, 6.07) is 21.8. The van der Waals surface area contributed by atoms with Crippen LogP contribution in [0.5, 0.6) is 11.5 Å². The van der Waals surface area contributed by atoms with E-state index in [1.54, 1.807) is 24.3 Å². The lowest BCUT2D eigenvalue weighted by molar-refractivity contribution is -0.147. The molecule has 30 heavy (non-hydrogen) atoms.